The van der Waals surface area contributed by atoms with E-state index in [1.165, 1.54) is 12.0 Å². The zero-order valence-corrected chi connectivity index (χ0v) is 9.64. The molecule has 0 aromatic carbocycles. The molecule has 2 atom stereocenters. The molecule has 0 aromatic rings. The Hall–Kier alpha value is -1.30. The number of carbonyl (C=O) groups excluding carboxylic acids is 2. The number of carbonyl (C=O) groups is 2. The first-order chi connectivity index (χ1) is 7.58. The van der Waals surface area contributed by atoms with Gasteiger partial charge in [-0.1, -0.05) is 0 Å². The van der Waals surface area contributed by atoms with Crippen molar-refractivity contribution in [2.45, 2.75) is 19.4 Å². The van der Waals surface area contributed by atoms with Gasteiger partial charge in [0.05, 0.1) is 19.6 Å². The van der Waals surface area contributed by atoms with E-state index in [4.69, 9.17) is 10.5 Å². The van der Waals surface area contributed by atoms with Gasteiger partial charge in [-0.25, -0.2) is 4.79 Å². The summed E-state index contributed by atoms with van der Waals surface area (Å²) in [7, 11) is 1.33. The predicted molar refractivity (Wildman–Crippen MR) is 56.7 cm³/mol. The average molecular weight is 230 g/mol. The first kappa shape index (κ1) is 12.8. The Kier molecular flexibility index (Phi) is 4.54. The molecule has 16 heavy (non-hydrogen) atoms. The Morgan fingerprint density at radius 1 is 1.44 bits per heavy atom. The number of amides is 1. The fraction of sp³-hybridized carbons (Fsp3) is 0.800. The number of hydrogen-bond acceptors (Lipinski definition) is 5. The zero-order valence-electron chi connectivity index (χ0n) is 9.64. The Morgan fingerprint density at radius 3 is 2.69 bits per heavy atom. The van der Waals surface area contributed by atoms with Gasteiger partial charge in [0, 0.05) is 19.1 Å². The first-order valence-corrected chi connectivity index (χ1v) is 5.33. The summed E-state index contributed by atoms with van der Waals surface area (Å²) >= 11 is 0. The molecule has 1 aliphatic rings. The smallest absolute Gasteiger partial charge is 0.409 e. The van der Waals surface area contributed by atoms with Gasteiger partial charge in [-0.15, -0.1) is 0 Å². The van der Waals surface area contributed by atoms with Crippen LogP contribution in [0.3, 0.4) is 0 Å². The average Bonchev–Trinajstić information content (AvgIpc) is 2.27. The third-order valence-electron chi connectivity index (χ3n) is 2.54. The van der Waals surface area contributed by atoms with E-state index in [9.17, 15) is 9.59 Å². The summed E-state index contributed by atoms with van der Waals surface area (Å²) in [5.41, 5.74) is 5.78. The fourth-order valence-electron chi connectivity index (χ4n) is 1.84. The lowest BCUT2D eigenvalue weighted by Gasteiger charge is -2.34. The molecule has 1 rings (SSSR count). The van der Waals surface area contributed by atoms with E-state index in [0.717, 1.165) is 0 Å². The van der Waals surface area contributed by atoms with Gasteiger partial charge in [0.15, 0.2) is 0 Å². The van der Waals surface area contributed by atoms with Crippen molar-refractivity contribution in [2.75, 3.05) is 26.8 Å². The highest BCUT2D eigenvalue weighted by Crippen LogP contribution is 2.17. The van der Waals surface area contributed by atoms with Crippen LogP contribution < -0.4 is 5.73 Å². The van der Waals surface area contributed by atoms with Crippen LogP contribution in [-0.2, 0) is 14.3 Å². The quantitative estimate of drug-likeness (QED) is 0.673. The number of methoxy groups -OCH3 is 1. The molecule has 2 N–H and O–H groups in total. The second-order valence-corrected chi connectivity index (χ2v) is 3.82. The lowest BCUT2D eigenvalue weighted by molar-refractivity contribution is -0.147. The van der Waals surface area contributed by atoms with E-state index >= 15 is 0 Å². The number of likely N-dealkylation sites (tertiary alicyclic amines) is 1. The van der Waals surface area contributed by atoms with Crippen LogP contribution in [0.1, 0.15) is 13.3 Å². The second-order valence-electron chi connectivity index (χ2n) is 3.82. The van der Waals surface area contributed by atoms with Crippen LogP contribution in [-0.4, -0.2) is 49.8 Å². The number of esters is 1. The third kappa shape index (κ3) is 3.10. The SMILES string of the molecule is CCOC(=O)N1CC(N)CC(C(=O)OC)C1. The monoisotopic (exact) mass is 230 g/mol. The molecule has 0 saturated carbocycles. The maximum Gasteiger partial charge on any atom is 0.409 e. The van der Waals surface area contributed by atoms with Gasteiger partial charge in [0.25, 0.3) is 0 Å². The minimum Gasteiger partial charge on any atom is -0.469 e. The number of nitrogens with zero attached hydrogens (tertiary/aromatic N) is 1. The van der Waals surface area contributed by atoms with Gasteiger partial charge >= 0.3 is 12.1 Å². The number of ether oxygens (including phenoxy) is 2. The van der Waals surface area contributed by atoms with Crippen LogP contribution in [0.15, 0.2) is 0 Å². The summed E-state index contributed by atoms with van der Waals surface area (Å²) in [6.45, 7) is 2.79. The van der Waals surface area contributed by atoms with Crippen molar-refractivity contribution >= 4 is 12.1 Å². The van der Waals surface area contributed by atoms with Gasteiger partial charge in [0.2, 0.25) is 0 Å². The zero-order chi connectivity index (χ0) is 12.1. The number of hydrogen-bond donors (Lipinski definition) is 1. The highest BCUT2D eigenvalue weighted by molar-refractivity contribution is 5.74. The second kappa shape index (κ2) is 5.69. The molecule has 1 saturated heterocycles. The minimum atomic E-state index is -0.424. The predicted octanol–water partition coefficient (Wildman–Crippen LogP) is -0.0349. The van der Waals surface area contributed by atoms with Crippen LogP contribution in [0.2, 0.25) is 0 Å². The van der Waals surface area contributed by atoms with E-state index in [1.54, 1.807) is 6.92 Å². The van der Waals surface area contributed by atoms with Crippen LogP contribution >= 0.6 is 0 Å². The van der Waals surface area contributed by atoms with Gasteiger partial charge < -0.3 is 20.1 Å². The summed E-state index contributed by atoms with van der Waals surface area (Å²) < 4.78 is 9.52. The summed E-state index contributed by atoms with van der Waals surface area (Å²) in [5, 5.41) is 0. The Bertz CT molecular complexity index is 270. The van der Waals surface area contributed by atoms with Crippen LogP contribution in [0.4, 0.5) is 4.79 Å². The highest BCUT2D eigenvalue weighted by atomic mass is 16.6. The molecule has 2 unspecified atom stereocenters. The molecule has 1 fully saturated rings. The minimum absolute atomic E-state index is 0.206. The molecule has 0 aliphatic carbocycles. The van der Waals surface area contributed by atoms with Gasteiger partial charge in [-0.05, 0) is 13.3 Å². The van der Waals surface area contributed by atoms with Gasteiger partial charge in [-0.2, -0.15) is 0 Å². The first-order valence-electron chi connectivity index (χ1n) is 5.33. The molecular formula is C10H18N2O4. The van der Waals surface area contributed by atoms with Crippen molar-refractivity contribution < 1.29 is 19.1 Å². The van der Waals surface area contributed by atoms with Gasteiger partial charge in [0.1, 0.15) is 0 Å². The standard InChI is InChI=1S/C10H18N2O4/c1-3-16-10(14)12-5-7(9(13)15-2)4-8(11)6-12/h7-8H,3-6,11H2,1-2H3. The van der Waals surface area contributed by atoms with Crippen LogP contribution in [0.5, 0.6) is 0 Å². The van der Waals surface area contributed by atoms with Crippen molar-refractivity contribution in [3.05, 3.63) is 0 Å². The van der Waals surface area contributed by atoms with Crippen molar-refractivity contribution in [3.8, 4) is 0 Å². The highest BCUT2D eigenvalue weighted by Gasteiger charge is 2.33. The number of piperidine rings is 1. The topological polar surface area (TPSA) is 81.9 Å². The van der Waals surface area contributed by atoms with E-state index < -0.39 is 6.09 Å². The molecule has 0 spiro atoms. The molecular weight excluding hydrogens is 212 g/mol. The third-order valence-corrected chi connectivity index (χ3v) is 2.54. The number of nitrogens with two attached hydrogens (primary N) is 1. The van der Waals surface area contributed by atoms with Crippen molar-refractivity contribution in [2.24, 2.45) is 11.7 Å². The largest absolute Gasteiger partial charge is 0.469 e. The summed E-state index contributed by atoms with van der Waals surface area (Å²) in [6.07, 6.45) is 0.120. The maximum absolute atomic E-state index is 11.5. The summed E-state index contributed by atoms with van der Waals surface area (Å²) in [5.74, 6) is -0.678. The van der Waals surface area contributed by atoms with Crippen LogP contribution in [0.25, 0.3) is 0 Å². The molecule has 0 bridgehead atoms. The van der Waals surface area contributed by atoms with Crippen molar-refractivity contribution in [1.29, 1.82) is 0 Å². The molecule has 0 aromatic heterocycles. The maximum atomic E-state index is 11.5. The number of rotatable bonds is 2. The Balaban J connectivity index is 2.60. The van der Waals surface area contributed by atoms with E-state index in [0.29, 0.717) is 26.1 Å². The summed E-state index contributed by atoms with van der Waals surface area (Å²) in [6, 6.07) is -0.206. The molecule has 0 radical (unpaired) electrons. The van der Waals surface area contributed by atoms with E-state index in [1.807, 2.05) is 0 Å². The van der Waals surface area contributed by atoms with E-state index in [-0.39, 0.29) is 17.9 Å². The fourth-order valence-corrected chi connectivity index (χ4v) is 1.84. The van der Waals surface area contributed by atoms with E-state index in [2.05, 4.69) is 4.74 Å². The molecule has 92 valence electrons. The molecule has 1 aliphatic heterocycles. The lowest BCUT2D eigenvalue weighted by atomic mass is 9.95. The van der Waals surface area contributed by atoms with Gasteiger partial charge in [-0.3, -0.25) is 4.79 Å². The molecule has 1 heterocycles. The molecule has 1 amide bonds. The summed E-state index contributed by atoms with van der Waals surface area (Å²) in [4.78, 5) is 24.3. The normalized spacial score (nSPS) is 25.1. The molecule has 6 heteroatoms. The Labute approximate surface area is 94.7 Å². The van der Waals surface area contributed by atoms with Crippen LogP contribution in [0, 0.1) is 5.92 Å². The Morgan fingerprint density at radius 2 is 2.12 bits per heavy atom. The lowest BCUT2D eigenvalue weighted by Crippen LogP contribution is -2.51. The van der Waals surface area contributed by atoms with Crippen molar-refractivity contribution in [1.82, 2.24) is 4.90 Å². The van der Waals surface area contributed by atoms with Crippen molar-refractivity contribution in [3.63, 3.8) is 0 Å². The molecule has 6 nitrogen and oxygen atoms in total.